The summed E-state index contributed by atoms with van der Waals surface area (Å²) in [6, 6.07) is 23.6. The Hall–Kier alpha value is -5.54. The van der Waals surface area contributed by atoms with Crippen LogP contribution in [-0.4, -0.2) is 55.1 Å². The fraction of sp³-hybridized carbons (Fsp3) is 0.388. The van der Waals surface area contributed by atoms with E-state index in [0.717, 1.165) is 89.0 Å². The number of aryl methyl sites for hydroxylation is 2. The van der Waals surface area contributed by atoms with E-state index in [0.29, 0.717) is 37.9 Å². The average molecular weight is 780 g/mol. The number of phenolic OH excluding ortho intramolecular Hbond substituents is 2. The van der Waals surface area contributed by atoms with Gasteiger partial charge in [0.05, 0.1) is 18.6 Å². The number of nitrogens with one attached hydrogen (secondary N) is 3. The third-order valence-electron chi connectivity index (χ3n) is 13.1. The maximum Gasteiger partial charge on any atom is 0.161 e. The molecule has 9 nitrogen and oxygen atoms in total. The van der Waals surface area contributed by atoms with Gasteiger partial charge in [-0.25, -0.2) is 0 Å². The Bertz CT molecular complexity index is 2330. The van der Waals surface area contributed by atoms with Crippen LogP contribution < -0.4 is 10.1 Å². The van der Waals surface area contributed by atoms with E-state index in [9.17, 15) is 24.9 Å². The lowest BCUT2D eigenvalue weighted by atomic mass is 9.68. The average Bonchev–Trinajstić information content (AvgIpc) is 3.99. The van der Waals surface area contributed by atoms with E-state index in [4.69, 9.17) is 4.74 Å². The predicted molar refractivity (Wildman–Crippen MR) is 225 cm³/mol. The number of rotatable bonds is 7. The van der Waals surface area contributed by atoms with Crippen molar-refractivity contribution in [3.63, 3.8) is 0 Å². The van der Waals surface area contributed by atoms with Crippen LogP contribution in [0.2, 0.25) is 0 Å². The molecule has 4 aliphatic rings. The third-order valence-corrected chi connectivity index (χ3v) is 13.1. The molecule has 1 aliphatic heterocycles. The number of benzene rings is 3. The van der Waals surface area contributed by atoms with E-state index in [1.54, 1.807) is 18.2 Å². The first-order chi connectivity index (χ1) is 28.3. The maximum absolute atomic E-state index is 14.9. The molecular weight excluding hydrogens is 727 g/mol. The fourth-order valence-corrected chi connectivity index (χ4v) is 10.2. The first-order valence-electron chi connectivity index (χ1n) is 21.2. The number of Topliss-reactive ketones (excluding diaryl/α,β-unsaturated/α-hetero) is 2. The first kappa shape index (κ1) is 38.0. The fourth-order valence-electron chi connectivity index (χ4n) is 10.2. The molecule has 0 saturated heterocycles. The highest BCUT2D eigenvalue weighted by Crippen LogP contribution is 2.47. The molecule has 5 unspecified atom stereocenters. The highest BCUT2D eigenvalue weighted by atomic mass is 16.5. The molecule has 9 rings (SSSR count). The predicted octanol–water partition coefficient (Wildman–Crippen LogP) is 9.03. The molecule has 0 spiro atoms. The molecule has 3 aliphatic carbocycles. The van der Waals surface area contributed by atoms with Gasteiger partial charge in [-0.15, -0.1) is 0 Å². The number of fused-ring (bicyclic) bond motifs is 13. The minimum Gasteiger partial charge on any atom is -0.508 e. The van der Waals surface area contributed by atoms with E-state index >= 15 is 0 Å². The van der Waals surface area contributed by atoms with Crippen molar-refractivity contribution in [1.29, 1.82) is 0 Å². The number of aromatic hydroxyl groups is 2. The van der Waals surface area contributed by atoms with Crippen molar-refractivity contribution in [2.75, 3.05) is 5.32 Å². The largest absolute Gasteiger partial charge is 0.508 e. The Kier molecular flexibility index (Phi) is 10.7. The molecule has 300 valence electrons. The summed E-state index contributed by atoms with van der Waals surface area (Å²) >= 11 is 0. The van der Waals surface area contributed by atoms with Gasteiger partial charge in [0.15, 0.2) is 11.5 Å². The lowest BCUT2D eigenvalue weighted by Crippen LogP contribution is -2.37. The Balaban J connectivity index is 1.09. The monoisotopic (exact) mass is 779 g/mol. The van der Waals surface area contributed by atoms with E-state index < -0.39 is 12.0 Å². The van der Waals surface area contributed by atoms with Gasteiger partial charge in [0.25, 0.3) is 0 Å². The van der Waals surface area contributed by atoms with Gasteiger partial charge in [-0.2, -0.15) is 0 Å². The second kappa shape index (κ2) is 16.4. The number of ketones is 2. The minimum absolute atomic E-state index is 0.0572. The van der Waals surface area contributed by atoms with Gasteiger partial charge in [0.1, 0.15) is 23.1 Å². The van der Waals surface area contributed by atoms with E-state index in [-0.39, 0.29) is 59.9 Å². The molecule has 0 radical (unpaired) electrons. The lowest BCUT2D eigenvalue weighted by molar-refractivity contribution is -0.129. The number of phenols is 2. The van der Waals surface area contributed by atoms with Crippen molar-refractivity contribution >= 4 is 23.5 Å². The van der Waals surface area contributed by atoms with Gasteiger partial charge in [0.2, 0.25) is 0 Å². The summed E-state index contributed by atoms with van der Waals surface area (Å²) < 4.78 is 6.41. The Morgan fingerprint density at radius 3 is 2.50 bits per heavy atom. The second-order valence-corrected chi connectivity index (χ2v) is 17.0. The molecule has 9 heteroatoms. The van der Waals surface area contributed by atoms with Crippen molar-refractivity contribution < 1.29 is 29.6 Å². The van der Waals surface area contributed by atoms with Gasteiger partial charge in [-0.1, -0.05) is 42.5 Å². The number of carbonyl (C=O) groups excluding carboxylic acids is 2. The van der Waals surface area contributed by atoms with Gasteiger partial charge < -0.3 is 35.3 Å². The number of H-pyrrole nitrogens is 2. The van der Waals surface area contributed by atoms with Crippen molar-refractivity contribution in [3.05, 3.63) is 135 Å². The summed E-state index contributed by atoms with van der Waals surface area (Å²) in [6.45, 7) is 0. The number of anilines is 1. The molecule has 6 bridgehead atoms. The van der Waals surface area contributed by atoms with Crippen LogP contribution in [0.25, 0.3) is 6.08 Å². The molecule has 3 heterocycles. The molecule has 6 N–H and O–H groups in total. The van der Waals surface area contributed by atoms with Gasteiger partial charge in [-0.05, 0) is 134 Å². The highest BCUT2D eigenvalue weighted by Gasteiger charge is 2.42. The zero-order chi connectivity index (χ0) is 39.8. The number of hydrogen-bond donors (Lipinski definition) is 6. The summed E-state index contributed by atoms with van der Waals surface area (Å²) in [5, 5.41) is 37.1. The molecule has 1 fully saturated rings. The third kappa shape index (κ3) is 7.97. The Labute approximate surface area is 339 Å². The van der Waals surface area contributed by atoms with E-state index in [2.05, 4.69) is 51.7 Å². The summed E-state index contributed by atoms with van der Waals surface area (Å²) in [6.07, 6.45) is 13.3. The SMILES string of the molecule is O=C1CCc2cc(c(O)c(OC3CCCC3)c2)Cc2cccc(c2)C2CCC(Nc3[nH]ccc32)C2=Cc3[nH]ccc3C(CC(O)CCc3cccc(O)c3)C2C(=O)C1. The number of aromatic nitrogens is 2. The smallest absolute Gasteiger partial charge is 0.161 e. The topological polar surface area (TPSA) is 148 Å². The van der Waals surface area contributed by atoms with Crippen molar-refractivity contribution in [3.8, 4) is 17.2 Å². The van der Waals surface area contributed by atoms with Crippen LogP contribution in [0.4, 0.5) is 5.82 Å². The van der Waals surface area contributed by atoms with Gasteiger partial charge in [-0.3, -0.25) is 9.59 Å². The summed E-state index contributed by atoms with van der Waals surface area (Å²) in [5.74, 6) is 0.582. The van der Waals surface area contributed by atoms with Gasteiger partial charge >= 0.3 is 0 Å². The summed E-state index contributed by atoms with van der Waals surface area (Å²) in [4.78, 5) is 35.7. The molecule has 58 heavy (non-hydrogen) atoms. The number of ether oxygens (including phenoxy) is 1. The van der Waals surface area contributed by atoms with Crippen molar-refractivity contribution in [2.24, 2.45) is 5.92 Å². The first-order valence-corrected chi connectivity index (χ1v) is 21.2. The van der Waals surface area contributed by atoms with Crippen molar-refractivity contribution in [1.82, 2.24) is 9.97 Å². The Morgan fingerprint density at radius 2 is 1.64 bits per heavy atom. The molecule has 5 aromatic rings. The van der Waals surface area contributed by atoms with E-state index in [1.165, 1.54) is 5.56 Å². The molecule has 0 amide bonds. The normalized spacial score (nSPS) is 22.7. The quantitative estimate of drug-likeness (QED) is 0.0904. The summed E-state index contributed by atoms with van der Waals surface area (Å²) in [5.41, 5.74) is 8.88. The number of aromatic amines is 2. The molecular formula is C49H53N3O6. The molecule has 1 saturated carbocycles. The van der Waals surface area contributed by atoms with E-state index in [1.807, 2.05) is 36.7 Å². The number of aliphatic hydroxyl groups excluding tert-OH is 1. The minimum atomic E-state index is -0.718. The van der Waals surface area contributed by atoms with Gasteiger partial charge in [0, 0.05) is 65.9 Å². The van der Waals surface area contributed by atoms with Crippen molar-refractivity contribution in [2.45, 2.75) is 114 Å². The zero-order valence-electron chi connectivity index (χ0n) is 32.9. The number of carbonyl (C=O) groups is 2. The standard InChI is InChI=1S/C49H53N3O6/c53-34-8-4-5-29(24-34)11-13-35(54)26-41-39-17-19-50-44(39)28-42-43-16-15-38(40-18-20-51-49(40)52-43)32-7-3-6-30(21-32)22-33-23-31(12-14-36(55)27-45(56)47(41)42)25-46(48(33)57)58-37-9-1-2-10-37/h3-8,17-21,23-25,28,35,37-38,41,43,47,50-54,57H,1-2,9-16,22,26-27H2. The summed E-state index contributed by atoms with van der Waals surface area (Å²) in [7, 11) is 0. The number of aliphatic hydroxyl groups is 1. The second-order valence-electron chi connectivity index (χ2n) is 17.0. The van der Waals surface area contributed by atoms with Crippen LogP contribution in [0.1, 0.15) is 121 Å². The van der Waals surface area contributed by atoms with Crippen LogP contribution >= 0.6 is 0 Å². The number of hydrogen-bond acceptors (Lipinski definition) is 7. The lowest BCUT2D eigenvalue weighted by Gasteiger charge is -2.37. The Morgan fingerprint density at radius 1 is 0.810 bits per heavy atom. The van der Waals surface area contributed by atoms with Crippen LogP contribution in [-0.2, 0) is 28.9 Å². The van der Waals surface area contributed by atoms with Crippen LogP contribution in [0.5, 0.6) is 17.2 Å². The molecule has 5 atom stereocenters. The van der Waals surface area contributed by atoms with Crippen LogP contribution in [0.3, 0.4) is 0 Å². The maximum atomic E-state index is 14.9. The van der Waals surface area contributed by atoms with Crippen LogP contribution in [0.15, 0.2) is 90.8 Å². The molecule has 3 aromatic carbocycles. The zero-order valence-corrected chi connectivity index (χ0v) is 32.9. The highest BCUT2D eigenvalue weighted by molar-refractivity contribution is 6.02. The van der Waals surface area contributed by atoms with Crippen LogP contribution in [0, 0.1) is 5.92 Å². The molecule has 2 aromatic heterocycles.